The third-order valence-corrected chi connectivity index (χ3v) is 6.22. The van der Waals surface area contributed by atoms with E-state index in [0.717, 1.165) is 24.3 Å². The maximum absolute atomic E-state index is 12.6. The fourth-order valence-corrected chi connectivity index (χ4v) is 5.06. The molecule has 0 bridgehead atoms. The van der Waals surface area contributed by atoms with Crippen molar-refractivity contribution in [3.63, 3.8) is 0 Å². The maximum atomic E-state index is 12.6. The minimum absolute atomic E-state index is 0.0365. The van der Waals surface area contributed by atoms with Crippen molar-refractivity contribution in [2.75, 3.05) is 4.72 Å². The first-order valence-electron chi connectivity index (χ1n) is 5.73. The molecule has 0 spiro atoms. The average molecular weight is 430 g/mol. The summed E-state index contributed by atoms with van der Waals surface area (Å²) in [6, 6.07) is 4.60. The normalized spacial score (nSPS) is 12.2. The van der Waals surface area contributed by atoms with Crippen molar-refractivity contribution >= 4 is 48.9 Å². The van der Waals surface area contributed by atoms with E-state index in [4.69, 9.17) is 5.11 Å². The van der Waals surface area contributed by atoms with Gasteiger partial charge in [-0.3, -0.25) is 4.72 Å². The smallest absolute Gasteiger partial charge is 0.416 e. The van der Waals surface area contributed by atoms with Crippen LogP contribution in [0, 0.1) is 0 Å². The van der Waals surface area contributed by atoms with Gasteiger partial charge in [-0.1, -0.05) is 6.07 Å². The number of benzene rings is 1. The van der Waals surface area contributed by atoms with Gasteiger partial charge in [-0.25, -0.2) is 13.2 Å². The van der Waals surface area contributed by atoms with Crippen molar-refractivity contribution < 1.29 is 31.5 Å². The molecule has 0 radical (unpaired) electrons. The van der Waals surface area contributed by atoms with Crippen LogP contribution in [0.25, 0.3) is 0 Å². The zero-order chi connectivity index (χ0) is 17.4. The summed E-state index contributed by atoms with van der Waals surface area (Å²) in [5.41, 5.74) is -1.29. The van der Waals surface area contributed by atoms with Crippen LogP contribution in [0.15, 0.2) is 39.0 Å². The number of anilines is 1. The van der Waals surface area contributed by atoms with E-state index >= 15 is 0 Å². The largest absolute Gasteiger partial charge is 0.477 e. The summed E-state index contributed by atoms with van der Waals surface area (Å²) in [7, 11) is -4.24. The summed E-state index contributed by atoms with van der Waals surface area (Å²) in [6.45, 7) is 0. The fourth-order valence-electron chi connectivity index (χ4n) is 1.61. The molecule has 0 unspecified atom stereocenters. The Morgan fingerprint density at radius 3 is 2.43 bits per heavy atom. The first-order chi connectivity index (χ1) is 10.5. The molecule has 11 heteroatoms. The Morgan fingerprint density at radius 2 is 1.91 bits per heavy atom. The molecule has 0 aliphatic heterocycles. The van der Waals surface area contributed by atoms with Crippen LogP contribution >= 0.6 is 27.3 Å². The van der Waals surface area contributed by atoms with Crippen LogP contribution < -0.4 is 4.72 Å². The van der Waals surface area contributed by atoms with Gasteiger partial charge in [0.1, 0.15) is 9.77 Å². The number of rotatable bonds is 4. The molecule has 23 heavy (non-hydrogen) atoms. The number of carboxylic acid groups (broad SMARTS) is 1. The highest BCUT2D eigenvalue weighted by atomic mass is 79.9. The fraction of sp³-hybridized carbons (Fsp3) is 0.0833. The number of hydrogen-bond acceptors (Lipinski definition) is 4. The Bertz CT molecular complexity index is 861. The second kappa shape index (κ2) is 6.13. The summed E-state index contributed by atoms with van der Waals surface area (Å²) in [5.74, 6) is -1.31. The Morgan fingerprint density at radius 1 is 1.26 bits per heavy atom. The highest BCUT2D eigenvalue weighted by molar-refractivity contribution is 9.11. The molecule has 0 amide bonds. The molecule has 1 heterocycles. The number of aromatic carboxylic acids is 1. The van der Waals surface area contributed by atoms with E-state index in [1.54, 1.807) is 0 Å². The van der Waals surface area contributed by atoms with Gasteiger partial charge in [0, 0.05) is 5.69 Å². The Balaban J connectivity index is 2.37. The molecule has 0 atom stereocenters. The molecule has 1 aromatic heterocycles. The summed E-state index contributed by atoms with van der Waals surface area (Å²) in [6.07, 6.45) is -4.61. The third-order valence-electron chi connectivity index (χ3n) is 2.60. The topological polar surface area (TPSA) is 83.5 Å². The number of halogens is 4. The SMILES string of the molecule is O=C(O)c1cc(S(=O)(=O)Nc2cccc(C(F)(F)F)c2)c(Br)s1. The van der Waals surface area contributed by atoms with Crippen LogP contribution in [0.3, 0.4) is 0 Å². The van der Waals surface area contributed by atoms with Crippen LogP contribution in [0.4, 0.5) is 18.9 Å². The van der Waals surface area contributed by atoms with E-state index in [2.05, 4.69) is 15.9 Å². The predicted octanol–water partition coefficient (Wildman–Crippen LogP) is 4.03. The van der Waals surface area contributed by atoms with Gasteiger partial charge in [0.25, 0.3) is 10.0 Å². The summed E-state index contributed by atoms with van der Waals surface area (Å²) >= 11 is 3.62. The van der Waals surface area contributed by atoms with Crippen LogP contribution in [-0.4, -0.2) is 19.5 Å². The predicted molar refractivity (Wildman–Crippen MR) is 81.2 cm³/mol. The van der Waals surface area contributed by atoms with Gasteiger partial charge in [-0.2, -0.15) is 13.2 Å². The standard InChI is InChI=1S/C12H7BrF3NO4S2/c13-10-9(5-8(22-10)11(18)19)23(20,21)17-7-3-1-2-6(4-7)12(14,15)16/h1-5,17H,(H,18,19). The second-order valence-electron chi connectivity index (χ2n) is 4.24. The van der Waals surface area contributed by atoms with Crippen molar-refractivity contribution in [1.29, 1.82) is 0 Å². The summed E-state index contributed by atoms with van der Waals surface area (Å²) in [4.78, 5) is 10.3. The zero-order valence-corrected chi connectivity index (χ0v) is 14.1. The number of alkyl halides is 3. The van der Waals surface area contributed by atoms with E-state index in [0.29, 0.717) is 17.4 Å². The van der Waals surface area contributed by atoms with E-state index in [-0.39, 0.29) is 19.2 Å². The number of sulfonamides is 1. The molecule has 2 N–H and O–H groups in total. The highest BCUT2D eigenvalue weighted by Gasteiger charge is 2.31. The molecule has 0 saturated heterocycles. The molecule has 2 aromatic rings. The lowest BCUT2D eigenvalue weighted by atomic mass is 10.2. The highest BCUT2D eigenvalue weighted by Crippen LogP contribution is 2.34. The van der Waals surface area contributed by atoms with Crippen molar-refractivity contribution in [2.24, 2.45) is 0 Å². The Hall–Kier alpha value is -1.59. The van der Waals surface area contributed by atoms with Gasteiger partial charge in [0.15, 0.2) is 0 Å². The number of thiophene rings is 1. The molecule has 0 aliphatic rings. The number of hydrogen-bond donors (Lipinski definition) is 2. The first kappa shape index (κ1) is 17.8. The molecule has 0 fully saturated rings. The molecule has 1 aromatic carbocycles. The second-order valence-corrected chi connectivity index (χ2v) is 8.26. The quantitative estimate of drug-likeness (QED) is 0.768. The minimum Gasteiger partial charge on any atom is -0.477 e. The van der Waals surface area contributed by atoms with Crippen LogP contribution in [-0.2, 0) is 16.2 Å². The van der Waals surface area contributed by atoms with Crippen LogP contribution in [0.5, 0.6) is 0 Å². The third kappa shape index (κ3) is 4.03. The van der Waals surface area contributed by atoms with Crippen molar-refractivity contribution in [2.45, 2.75) is 11.1 Å². The van der Waals surface area contributed by atoms with Gasteiger partial charge in [-0.05, 0) is 40.2 Å². The summed E-state index contributed by atoms with van der Waals surface area (Å²) < 4.78 is 64.3. The lowest BCUT2D eigenvalue weighted by Crippen LogP contribution is -2.14. The minimum atomic E-state index is -4.61. The number of nitrogens with one attached hydrogen (secondary N) is 1. The van der Waals surface area contributed by atoms with E-state index in [1.165, 1.54) is 0 Å². The lowest BCUT2D eigenvalue weighted by Gasteiger charge is -2.10. The number of carboxylic acids is 1. The Labute approximate surface area is 140 Å². The maximum Gasteiger partial charge on any atom is 0.416 e. The molecule has 5 nitrogen and oxygen atoms in total. The number of carbonyl (C=O) groups is 1. The van der Waals surface area contributed by atoms with Gasteiger partial charge < -0.3 is 5.11 Å². The zero-order valence-electron chi connectivity index (χ0n) is 10.9. The monoisotopic (exact) mass is 429 g/mol. The molecular formula is C12H7BrF3NO4S2. The van der Waals surface area contributed by atoms with Gasteiger partial charge in [-0.15, -0.1) is 11.3 Å². The lowest BCUT2D eigenvalue weighted by molar-refractivity contribution is -0.137. The van der Waals surface area contributed by atoms with Gasteiger partial charge in [0.2, 0.25) is 0 Å². The molecular weight excluding hydrogens is 423 g/mol. The van der Waals surface area contributed by atoms with E-state index < -0.39 is 27.7 Å². The van der Waals surface area contributed by atoms with Gasteiger partial charge in [0.05, 0.1) is 9.35 Å². The van der Waals surface area contributed by atoms with Crippen molar-refractivity contribution in [3.05, 3.63) is 44.6 Å². The Kier molecular flexibility index (Phi) is 4.74. The van der Waals surface area contributed by atoms with E-state index in [1.807, 2.05) is 4.72 Å². The molecule has 0 aliphatic carbocycles. The average Bonchev–Trinajstić information content (AvgIpc) is 2.81. The molecule has 124 valence electrons. The van der Waals surface area contributed by atoms with Crippen molar-refractivity contribution in [3.8, 4) is 0 Å². The molecule has 0 saturated carbocycles. The van der Waals surface area contributed by atoms with E-state index in [9.17, 15) is 26.4 Å². The van der Waals surface area contributed by atoms with Crippen molar-refractivity contribution in [1.82, 2.24) is 0 Å². The van der Waals surface area contributed by atoms with Gasteiger partial charge >= 0.3 is 12.1 Å². The molecule has 2 rings (SSSR count). The van der Waals surface area contributed by atoms with Crippen LogP contribution in [0.1, 0.15) is 15.2 Å². The van der Waals surface area contributed by atoms with Crippen LogP contribution in [0.2, 0.25) is 0 Å². The first-order valence-corrected chi connectivity index (χ1v) is 8.82. The summed E-state index contributed by atoms with van der Waals surface area (Å²) in [5, 5.41) is 8.85.